The number of rotatable bonds is 4. The Kier molecular flexibility index (Phi) is 4.64. The minimum Gasteiger partial charge on any atom is -0.507 e. The molecule has 0 aliphatic carbocycles. The number of benzene rings is 1. The van der Waals surface area contributed by atoms with E-state index in [1.54, 1.807) is 24.1 Å². The Morgan fingerprint density at radius 3 is 2.79 bits per heavy atom. The van der Waals surface area contributed by atoms with E-state index in [1.165, 1.54) is 12.3 Å². The summed E-state index contributed by atoms with van der Waals surface area (Å²) < 4.78 is 0. The number of nitrogens with zero attached hydrogens (tertiary/aromatic N) is 2. The third-order valence-corrected chi connectivity index (χ3v) is 5.04. The summed E-state index contributed by atoms with van der Waals surface area (Å²) in [4.78, 5) is 35.7. The Balaban J connectivity index is 1.54. The average molecular weight is 388 g/mol. The first-order valence-electron chi connectivity index (χ1n) is 9.17. The zero-order valence-corrected chi connectivity index (χ0v) is 16.0. The van der Waals surface area contributed by atoms with Gasteiger partial charge in [-0.05, 0) is 42.1 Å². The molecule has 0 spiro atoms. The van der Waals surface area contributed by atoms with Gasteiger partial charge < -0.3 is 20.0 Å². The van der Waals surface area contributed by atoms with Crippen LogP contribution >= 0.6 is 0 Å². The fourth-order valence-corrected chi connectivity index (χ4v) is 3.23. The largest absolute Gasteiger partial charge is 0.507 e. The number of carbonyl (C=O) groups is 1. The number of aromatic hydroxyl groups is 1. The van der Waals surface area contributed by atoms with Gasteiger partial charge in [-0.3, -0.25) is 9.59 Å². The summed E-state index contributed by atoms with van der Waals surface area (Å²) in [6.45, 7) is 1.96. The van der Waals surface area contributed by atoms with Crippen LogP contribution < -0.4 is 5.56 Å². The predicted octanol–water partition coefficient (Wildman–Crippen LogP) is 3.34. The second-order valence-electron chi connectivity index (χ2n) is 6.95. The topological polar surface area (TPSA) is 102 Å². The van der Waals surface area contributed by atoms with E-state index in [9.17, 15) is 14.7 Å². The zero-order chi connectivity index (χ0) is 20.5. The van der Waals surface area contributed by atoms with Crippen molar-refractivity contribution in [1.82, 2.24) is 19.9 Å². The molecule has 146 valence electrons. The number of aromatic amines is 2. The molecular weight excluding hydrogens is 368 g/mol. The van der Waals surface area contributed by atoms with Crippen molar-refractivity contribution in [3.05, 3.63) is 76.3 Å². The van der Waals surface area contributed by atoms with E-state index in [0.29, 0.717) is 16.6 Å². The Morgan fingerprint density at radius 1 is 1.21 bits per heavy atom. The smallest absolute Gasteiger partial charge is 0.253 e. The van der Waals surface area contributed by atoms with E-state index < -0.39 is 5.56 Å². The highest BCUT2D eigenvalue weighted by molar-refractivity contribution is 5.93. The minimum absolute atomic E-state index is 0.136. The van der Waals surface area contributed by atoms with Crippen LogP contribution in [-0.4, -0.2) is 37.9 Å². The Bertz CT molecular complexity index is 1270. The summed E-state index contributed by atoms with van der Waals surface area (Å²) in [7, 11) is 1.75. The van der Waals surface area contributed by atoms with Gasteiger partial charge >= 0.3 is 0 Å². The molecule has 0 saturated heterocycles. The first-order chi connectivity index (χ1) is 13.9. The van der Waals surface area contributed by atoms with Crippen LogP contribution in [0.15, 0.2) is 59.5 Å². The fourth-order valence-electron chi connectivity index (χ4n) is 3.23. The standard InChI is InChI=1S/C22H20N4O3/c1-13(18-10-15-5-3-4-6-17(15)24-18)26(2)21(29)8-7-14-9-16-19(27)11-20(28)25-22(16)23-12-14/h3-13,24H,1-2H3,(H2,23,25,27,28). The lowest BCUT2D eigenvalue weighted by Gasteiger charge is -2.22. The van der Waals surface area contributed by atoms with E-state index in [2.05, 4.69) is 15.0 Å². The number of hydrogen-bond donors (Lipinski definition) is 3. The Morgan fingerprint density at radius 2 is 2.00 bits per heavy atom. The number of H-pyrrole nitrogens is 2. The van der Waals surface area contributed by atoms with Gasteiger partial charge in [0.2, 0.25) is 5.91 Å². The Labute approximate surface area is 166 Å². The predicted molar refractivity (Wildman–Crippen MR) is 113 cm³/mol. The molecular formula is C22H20N4O3. The van der Waals surface area contributed by atoms with E-state index in [0.717, 1.165) is 22.7 Å². The lowest BCUT2D eigenvalue weighted by molar-refractivity contribution is -0.126. The number of hydrogen-bond acceptors (Lipinski definition) is 4. The third-order valence-electron chi connectivity index (χ3n) is 5.04. The van der Waals surface area contributed by atoms with Gasteiger partial charge in [-0.2, -0.15) is 0 Å². The van der Waals surface area contributed by atoms with Crippen molar-refractivity contribution in [2.24, 2.45) is 0 Å². The molecule has 3 aromatic heterocycles. The number of aromatic nitrogens is 3. The van der Waals surface area contributed by atoms with Crippen molar-refractivity contribution < 1.29 is 9.90 Å². The summed E-state index contributed by atoms with van der Waals surface area (Å²) in [6, 6.07) is 12.6. The molecule has 0 bridgehead atoms. The maximum Gasteiger partial charge on any atom is 0.253 e. The molecule has 0 radical (unpaired) electrons. The average Bonchev–Trinajstić information content (AvgIpc) is 3.15. The molecule has 7 heteroatoms. The highest BCUT2D eigenvalue weighted by Crippen LogP contribution is 2.24. The number of pyridine rings is 2. The summed E-state index contributed by atoms with van der Waals surface area (Å²) in [5, 5.41) is 11.5. The van der Waals surface area contributed by atoms with Crippen molar-refractivity contribution in [1.29, 1.82) is 0 Å². The fraction of sp³-hybridized carbons (Fsp3) is 0.136. The number of likely N-dealkylation sites (N-methyl/N-ethyl adjacent to an activating group) is 1. The molecule has 3 N–H and O–H groups in total. The van der Waals surface area contributed by atoms with Gasteiger partial charge in [0.1, 0.15) is 11.4 Å². The third kappa shape index (κ3) is 3.62. The first kappa shape index (κ1) is 18.5. The monoisotopic (exact) mass is 388 g/mol. The van der Waals surface area contributed by atoms with Crippen molar-refractivity contribution in [2.45, 2.75) is 13.0 Å². The molecule has 3 heterocycles. The van der Waals surface area contributed by atoms with Crippen LogP contribution in [0.3, 0.4) is 0 Å². The second kappa shape index (κ2) is 7.27. The molecule has 0 aliphatic heterocycles. The van der Waals surface area contributed by atoms with Crippen molar-refractivity contribution >= 4 is 33.9 Å². The highest BCUT2D eigenvalue weighted by atomic mass is 16.3. The number of carbonyl (C=O) groups excluding carboxylic acids is 1. The van der Waals surface area contributed by atoms with Crippen LogP contribution in [0.4, 0.5) is 0 Å². The number of para-hydroxylation sites is 1. The van der Waals surface area contributed by atoms with Crippen LogP contribution in [0.1, 0.15) is 24.2 Å². The quantitative estimate of drug-likeness (QED) is 0.467. The molecule has 1 aromatic carbocycles. The first-order valence-corrected chi connectivity index (χ1v) is 9.17. The van der Waals surface area contributed by atoms with Crippen molar-refractivity contribution in [3.8, 4) is 5.75 Å². The summed E-state index contributed by atoms with van der Waals surface area (Å²) in [5.74, 6) is -0.315. The molecule has 1 unspecified atom stereocenters. The molecule has 0 fully saturated rings. The van der Waals surface area contributed by atoms with Crippen LogP contribution in [-0.2, 0) is 4.79 Å². The molecule has 4 rings (SSSR count). The SMILES string of the molecule is CC(c1cc2ccccc2[nH]1)N(C)C(=O)C=Cc1cnc2[nH]c(=O)cc(O)c2c1. The molecule has 1 atom stereocenters. The van der Waals surface area contributed by atoms with E-state index >= 15 is 0 Å². The Hall–Kier alpha value is -3.87. The molecule has 29 heavy (non-hydrogen) atoms. The van der Waals surface area contributed by atoms with Gasteiger partial charge in [-0.1, -0.05) is 18.2 Å². The normalized spacial score (nSPS) is 12.6. The van der Waals surface area contributed by atoms with Crippen LogP contribution in [0.2, 0.25) is 0 Å². The van der Waals surface area contributed by atoms with Gasteiger partial charge in [-0.15, -0.1) is 0 Å². The highest BCUT2D eigenvalue weighted by Gasteiger charge is 2.17. The van der Waals surface area contributed by atoms with Gasteiger partial charge in [0.15, 0.2) is 0 Å². The summed E-state index contributed by atoms with van der Waals surface area (Å²) in [5.41, 5.74) is 2.50. The number of fused-ring (bicyclic) bond motifs is 2. The van der Waals surface area contributed by atoms with Gasteiger partial charge in [0.05, 0.1) is 11.4 Å². The minimum atomic E-state index is -0.423. The van der Waals surface area contributed by atoms with Gasteiger partial charge in [0, 0.05) is 36.6 Å². The van der Waals surface area contributed by atoms with Crippen molar-refractivity contribution in [3.63, 3.8) is 0 Å². The van der Waals surface area contributed by atoms with Crippen LogP contribution in [0.5, 0.6) is 5.75 Å². The van der Waals surface area contributed by atoms with E-state index in [-0.39, 0.29) is 17.7 Å². The summed E-state index contributed by atoms with van der Waals surface area (Å²) >= 11 is 0. The van der Waals surface area contributed by atoms with Crippen LogP contribution in [0, 0.1) is 0 Å². The molecule has 0 aliphatic rings. The van der Waals surface area contributed by atoms with Gasteiger partial charge in [-0.25, -0.2) is 4.98 Å². The van der Waals surface area contributed by atoms with E-state index in [4.69, 9.17) is 0 Å². The maximum atomic E-state index is 12.6. The van der Waals surface area contributed by atoms with Crippen LogP contribution in [0.25, 0.3) is 28.0 Å². The van der Waals surface area contributed by atoms with Crippen molar-refractivity contribution in [2.75, 3.05) is 7.05 Å². The lowest BCUT2D eigenvalue weighted by atomic mass is 10.1. The molecule has 0 saturated carbocycles. The number of amides is 1. The molecule has 4 aromatic rings. The van der Waals surface area contributed by atoms with Gasteiger partial charge in [0.25, 0.3) is 5.56 Å². The molecule has 1 amide bonds. The molecule has 7 nitrogen and oxygen atoms in total. The second-order valence-corrected chi connectivity index (χ2v) is 6.95. The summed E-state index contributed by atoms with van der Waals surface area (Å²) in [6.07, 6.45) is 4.63. The maximum absolute atomic E-state index is 12.6. The lowest BCUT2D eigenvalue weighted by Crippen LogP contribution is -2.28. The number of nitrogens with one attached hydrogen (secondary N) is 2. The van der Waals surface area contributed by atoms with E-state index in [1.807, 2.05) is 37.3 Å². The zero-order valence-electron chi connectivity index (χ0n) is 16.0.